The van der Waals surface area contributed by atoms with Crippen molar-refractivity contribution in [2.45, 2.75) is 76.0 Å². The summed E-state index contributed by atoms with van der Waals surface area (Å²) in [7, 11) is 0. The lowest BCUT2D eigenvalue weighted by Gasteiger charge is -2.29. The maximum absolute atomic E-state index is 13.7. The third kappa shape index (κ3) is 7.44. The number of nitrogens with zero attached hydrogens (tertiary/aromatic N) is 1. The highest BCUT2D eigenvalue weighted by atomic mass is 32.2. The predicted molar refractivity (Wildman–Crippen MR) is 247 cm³/mol. The van der Waals surface area contributed by atoms with Gasteiger partial charge in [-0.3, -0.25) is 4.79 Å². The first-order valence-corrected chi connectivity index (χ1v) is 22.0. The van der Waals surface area contributed by atoms with Gasteiger partial charge in [-0.25, -0.2) is 4.42 Å². The van der Waals surface area contributed by atoms with Crippen molar-refractivity contribution >= 4 is 69.1 Å². The summed E-state index contributed by atoms with van der Waals surface area (Å²) in [5.41, 5.74) is 13.5. The minimum Gasteiger partial charge on any atom is -0.466 e. The molecular formula is C51H53N2O3S2+. The van der Waals surface area contributed by atoms with E-state index >= 15 is 0 Å². The molecule has 2 aliphatic heterocycles. The Morgan fingerprint density at radius 3 is 2.24 bits per heavy atom. The summed E-state index contributed by atoms with van der Waals surface area (Å²) in [6.45, 7) is 12.3. The smallest absolute Gasteiger partial charge is 0.358 e. The molecule has 0 fully saturated rings. The second-order valence-corrected chi connectivity index (χ2v) is 18.1. The number of hydrogen-bond donors (Lipinski definition) is 2. The number of carbonyl (C=O) groups is 1. The molecule has 7 heteroatoms. The molecule has 0 amide bonds. The average molecular weight is 806 g/mol. The van der Waals surface area contributed by atoms with Crippen LogP contribution in [0.1, 0.15) is 71.4 Å². The van der Waals surface area contributed by atoms with Gasteiger partial charge in [-0.1, -0.05) is 86.3 Å². The molecule has 296 valence electrons. The lowest BCUT2D eigenvalue weighted by Crippen LogP contribution is -2.27. The van der Waals surface area contributed by atoms with E-state index in [0.717, 1.165) is 63.3 Å². The van der Waals surface area contributed by atoms with Crippen LogP contribution in [0.4, 0.5) is 11.4 Å². The summed E-state index contributed by atoms with van der Waals surface area (Å²) in [4.78, 5) is 18.4. The summed E-state index contributed by atoms with van der Waals surface area (Å²) >= 11 is 6.27. The highest BCUT2D eigenvalue weighted by molar-refractivity contribution is 8.03. The number of thioether (sulfide) groups is 1. The Kier molecular flexibility index (Phi) is 11.2. The molecule has 58 heavy (non-hydrogen) atoms. The molecule has 0 bridgehead atoms. The van der Waals surface area contributed by atoms with E-state index in [-0.39, 0.29) is 22.7 Å². The Hall–Kier alpha value is -4.98. The van der Waals surface area contributed by atoms with Gasteiger partial charge < -0.3 is 15.4 Å². The van der Waals surface area contributed by atoms with Gasteiger partial charge in [0.2, 0.25) is 0 Å². The fourth-order valence-electron chi connectivity index (χ4n) is 9.10. The zero-order valence-electron chi connectivity index (χ0n) is 34.2. The molecule has 1 atom stereocenters. The quantitative estimate of drug-likeness (QED) is 0.0348. The van der Waals surface area contributed by atoms with Gasteiger partial charge in [-0.15, -0.1) is 0 Å². The molecule has 8 rings (SSSR count). The number of ketones is 1. The van der Waals surface area contributed by atoms with Crippen molar-refractivity contribution in [1.29, 1.82) is 0 Å². The molecular weight excluding hydrogens is 753 g/mol. The molecule has 2 heterocycles. The molecule has 1 aliphatic carbocycles. The monoisotopic (exact) mass is 805 g/mol. The van der Waals surface area contributed by atoms with Crippen LogP contribution in [-0.2, 0) is 24.8 Å². The van der Waals surface area contributed by atoms with E-state index in [1.807, 2.05) is 19.1 Å². The molecule has 0 saturated carbocycles. The van der Waals surface area contributed by atoms with Crippen molar-refractivity contribution in [1.82, 2.24) is 0 Å². The summed E-state index contributed by atoms with van der Waals surface area (Å²) < 4.78 is 12.4. The number of nitrogens with two attached hydrogens (primary N) is 1. The van der Waals surface area contributed by atoms with Crippen LogP contribution in [0.5, 0.6) is 5.75 Å². The van der Waals surface area contributed by atoms with Crippen LogP contribution in [-0.4, -0.2) is 30.7 Å². The Morgan fingerprint density at radius 2 is 1.53 bits per heavy atom. The fourth-order valence-corrected chi connectivity index (χ4v) is 10.4. The zero-order valence-corrected chi connectivity index (χ0v) is 35.9. The number of fused-ring (bicyclic) bond motifs is 6. The number of hydrogen-bond acceptors (Lipinski definition) is 6. The zero-order chi connectivity index (χ0) is 40.6. The van der Waals surface area contributed by atoms with E-state index in [2.05, 4.69) is 154 Å². The standard InChI is InChI=1S/C51H52N2O3S2/c1-6-55-49(54)37-31-35(19-27-44-50(2,3)46-40-15-9-7-13-33(40)17-25-42(46)53(44)29-11-12-30-57)48(58-39-23-21-38(52)22-24-39)36(32-37)20-28-45-51(4,5)47-41-16-10-8-14-34(41)18-26-43(47)56-45/h7-10,13-28,37H,6,11-12,29-32,52H2,1-5H3/p+1/b28-20+,35-19+,44-27+. The predicted octanol–water partition coefficient (Wildman–Crippen LogP) is 12.6. The summed E-state index contributed by atoms with van der Waals surface area (Å²) in [5, 5.41) is 4.94. The summed E-state index contributed by atoms with van der Waals surface area (Å²) in [6.07, 6.45) is 12.1. The number of anilines is 2. The van der Waals surface area contributed by atoms with Gasteiger partial charge in [-0.05, 0) is 139 Å². The molecule has 0 saturated heterocycles. The molecule has 0 spiro atoms. The van der Waals surface area contributed by atoms with Crippen LogP contribution >= 0.6 is 24.4 Å². The van der Waals surface area contributed by atoms with Gasteiger partial charge in [0.05, 0.1) is 18.1 Å². The Bertz CT molecular complexity index is 2560. The second kappa shape index (κ2) is 16.3. The van der Waals surface area contributed by atoms with Gasteiger partial charge in [0.25, 0.3) is 0 Å². The van der Waals surface area contributed by atoms with Crippen molar-refractivity contribution in [2.75, 3.05) is 29.5 Å². The van der Waals surface area contributed by atoms with Crippen molar-refractivity contribution in [2.24, 2.45) is 5.92 Å². The van der Waals surface area contributed by atoms with Crippen LogP contribution in [0.15, 0.2) is 148 Å². The first kappa shape index (κ1) is 39.8. The van der Waals surface area contributed by atoms with Crippen molar-refractivity contribution in [3.8, 4) is 5.75 Å². The molecule has 5 nitrogen and oxygen atoms in total. The maximum atomic E-state index is 13.7. The van der Waals surface area contributed by atoms with Gasteiger partial charge in [0.15, 0.2) is 0 Å². The minimum atomic E-state index is -0.362. The number of nitrogen functional groups attached to an aromatic ring is 1. The number of carbonyl (C=O) groups excluding carboxylic acids is 2. The molecule has 5 aromatic carbocycles. The number of rotatable bonds is 11. The number of unbranched alkanes of at least 4 members (excludes halogenated alkanes) is 1. The first-order chi connectivity index (χ1) is 28.0. The van der Waals surface area contributed by atoms with Crippen LogP contribution in [0, 0.1) is 5.92 Å². The summed E-state index contributed by atoms with van der Waals surface area (Å²) in [6, 6.07) is 34.0. The largest absolute Gasteiger partial charge is 0.466 e. The van der Waals surface area contributed by atoms with Crippen molar-refractivity contribution in [3.63, 3.8) is 0 Å². The fraction of sp³-hybridized carbons (Fsp3) is 0.294. The van der Waals surface area contributed by atoms with Crippen molar-refractivity contribution < 1.29 is 14.0 Å². The molecule has 0 aromatic heterocycles. The Labute approximate surface area is 352 Å². The normalized spacial score (nSPS) is 19.7. The van der Waals surface area contributed by atoms with Gasteiger partial charge in [-0.2, -0.15) is 12.6 Å². The maximum Gasteiger partial charge on any atom is 0.358 e. The highest BCUT2D eigenvalue weighted by Gasteiger charge is 2.47. The second-order valence-electron chi connectivity index (χ2n) is 16.6. The number of thiol groups is 1. The van der Waals surface area contributed by atoms with E-state index in [1.165, 1.54) is 44.1 Å². The third-order valence-corrected chi connectivity index (χ3v) is 13.6. The van der Waals surface area contributed by atoms with Crippen LogP contribution in [0.3, 0.4) is 0 Å². The molecule has 5 aromatic rings. The van der Waals surface area contributed by atoms with Crippen molar-refractivity contribution in [3.05, 3.63) is 154 Å². The number of esters is 1. The lowest BCUT2D eigenvalue weighted by atomic mass is 9.78. The van der Waals surface area contributed by atoms with E-state index < -0.39 is 0 Å². The van der Waals surface area contributed by atoms with Gasteiger partial charge >= 0.3 is 17.5 Å². The Morgan fingerprint density at radius 1 is 0.845 bits per heavy atom. The number of benzene rings is 5. The van der Waals surface area contributed by atoms with E-state index in [0.29, 0.717) is 19.4 Å². The SMILES string of the molecule is CCOC(=O)C1CC(/C=C/C2=[O+]c3ccc4ccccc4c3C2(C)C)=C(Sc2ccc(N)cc2)C(=C/C=C2/N(CCCCS)c3ccc4ccccc4c3C2(C)C)/C1. The molecule has 3 aliphatic rings. The number of allylic oxidation sites excluding steroid dienone is 7. The minimum absolute atomic E-state index is 0.166. The molecule has 0 radical (unpaired) electrons. The van der Waals surface area contributed by atoms with E-state index in [9.17, 15) is 4.79 Å². The lowest BCUT2D eigenvalue weighted by molar-refractivity contribution is -0.362. The molecule has 2 N–H and O–H groups in total. The van der Waals surface area contributed by atoms with Crippen LogP contribution < -0.4 is 10.6 Å². The first-order valence-electron chi connectivity index (χ1n) is 20.5. The van der Waals surface area contributed by atoms with E-state index in [4.69, 9.17) is 14.9 Å². The van der Waals surface area contributed by atoms with Crippen LogP contribution in [0.2, 0.25) is 0 Å². The van der Waals surface area contributed by atoms with Crippen LogP contribution in [0.25, 0.3) is 21.5 Å². The number of ether oxygens (including phenoxy) is 1. The molecule has 1 unspecified atom stereocenters. The average Bonchev–Trinajstić information content (AvgIpc) is 3.61. The summed E-state index contributed by atoms with van der Waals surface area (Å²) in [5.74, 6) is 2.13. The van der Waals surface area contributed by atoms with E-state index in [1.54, 1.807) is 11.8 Å². The third-order valence-electron chi connectivity index (χ3n) is 12.0. The van der Waals surface area contributed by atoms with Gasteiger partial charge in [0, 0.05) is 51.0 Å². The highest BCUT2D eigenvalue weighted by Crippen LogP contribution is 2.52. The Balaban J connectivity index is 1.26. The van der Waals surface area contributed by atoms with Gasteiger partial charge in [0.1, 0.15) is 5.41 Å². The topological polar surface area (TPSA) is 66.9 Å².